The van der Waals surface area contributed by atoms with Gasteiger partial charge >= 0.3 is 24.6 Å². The minimum Gasteiger partial charge on any atom is -0.430 e. The number of hydrogen-bond donors (Lipinski definition) is 0. The second-order valence-electron chi connectivity index (χ2n) is 9.41. The molecule has 0 amide bonds. The van der Waals surface area contributed by atoms with E-state index in [2.05, 4.69) is 0 Å². The Morgan fingerprint density at radius 2 is 0.868 bits per heavy atom. The van der Waals surface area contributed by atoms with Gasteiger partial charge in [-0.25, -0.2) is 19.2 Å². The number of rotatable bonds is 12. The van der Waals surface area contributed by atoms with Gasteiger partial charge in [0.2, 0.25) is 0 Å². The monoisotopic (exact) mass is 536 g/mol. The van der Waals surface area contributed by atoms with Crippen LogP contribution in [0.4, 0.5) is 19.2 Å². The van der Waals surface area contributed by atoms with Gasteiger partial charge in [0.1, 0.15) is 26.4 Å². The molecule has 0 radical (unpaired) electrons. The molecule has 4 unspecified atom stereocenters. The van der Waals surface area contributed by atoms with E-state index in [1.165, 1.54) is 0 Å². The maximum Gasteiger partial charge on any atom is 0.508 e. The summed E-state index contributed by atoms with van der Waals surface area (Å²) in [4.78, 5) is 49.6. The maximum atomic E-state index is 11.4. The lowest BCUT2D eigenvalue weighted by Crippen LogP contribution is -2.39. The van der Waals surface area contributed by atoms with Crippen LogP contribution in [0.2, 0.25) is 0 Å². The fraction of sp³-hybridized carbons (Fsp3) is 0.583. The molecule has 4 atom stereocenters. The average Bonchev–Trinajstić information content (AvgIpc) is 3.66. The molecule has 5 rings (SSSR count). The SMILES string of the molecule is O=C1OCC(CN(Cc2cccc(CN(CC3COC(=O)O3)CC3COC(=O)O3)c2)CC2COC(=O)O2)O1. The minimum absolute atomic E-state index is 0.149. The van der Waals surface area contributed by atoms with Crippen LogP contribution in [0.5, 0.6) is 0 Å². The second-order valence-corrected chi connectivity index (χ2v) is 9.41. The second kappa shape index (κ2) is 11.7. The van der Waals surface area contributed by atoms with Crippen molar-refractivity contribution in [3.63, 3.8) is 0 Å². The standard InChI is InChI=1S/C24H28N2O12/c27-21-31-11-17(35-21)7-25(8-18-12-32-22(28)36-18)5-15-2-1-3-16(4-15)6-26(9-19-13-33-23(29)37-19)10-20-14-34-24(30)38-20/h1-4,17-20H,5-14H2. The highest BCUT2D eigenvalue weighted by molar-refractivity contribution is 5.63. The lowest BCUT2D eigenvalue weighted by Gasteiger charge is -2.27. The Hall–Kier alpha value is -3.78. The predicted molar refractivity (Wildman–Crippen MR) is 122 cm³/mol. The van der Waals surface area contributed by atoms with Gasteiger partial charge in [-0.2, -0.15) is 0 Å². The van der Waals surface area contributed by atoms with Crippen molar-refractivity contribution >= 4 is 24.6 Å². The lowest BCUT2D eigenvalue weighted by molar-refractivity contribution is 0.0722. The van der Waals surface area contributed by atoms with Crippen LogP contribution in [0.1, 0.15) is 11.1 Å². The van der Waals surface area contributed by atoms with Crippen molar-refractivity contribution in [2.75, 3.05) is 52.6 Å². The smallest absolute Gasteiger partial charge is 0.430 e. The molecule has 4 heterocycles. The zero-order chi connectivity index (χ0) is 26.5. The molecular weight excluding hydrogens is 508 g/mol. The Balaban J connectivity index is 1.24. The highest BCUT2D eigenvalue weighted by atomic mass is 16.8. The van der Waals surface area contributed by atoms with E-state index in [9.17, 15) is 19.2 Å². The molecule has 38 heavy (non-hydrogen) atoms. The van der Waals surface area contributed by atoms with E-state index < -0.39 is 49.0 Å². The molecule has 4 fully saturated rings. The van der Waals surface area contributed by atoms with Gasteiger partial charge in [-0.05, 0) is 11.1 Å². The zero-order valence-corrected chi connectivity index (χ0v) is 20.5. The van der Waals surface area contributed by atoms with Crippen molar-refractivity contribution in [1.82, 2.24) is 9.80 Å². The summed E-state index contributed by atoms with van der Waals surface area (Å²) in [6.45, 7) is 3.11. The Kier molecular flexibility index (Phi) is 7.98. The van der Waals surface area contributed by atoms with Crippen molar-refractivity contribution in [3.05, 3.63) is 35.4 Å². The molecule has 0 saturated carbocycles. The van der Waals surface area contributed by atoms with E-state index in [0.717, 1.165) is 11.1 Å². The van der Waals surface area contributed by atoms with Crippen molar-refractivity contribution in [2.45, 2.75) is 37.5 Å². The van der Waals surface area contributed by atoms with Gasteiger partial charge in [0.15, 0.2) is 24.4 Å². The normalized spacial score (nSPS) is 26.4. The molecule has 14 heteroatoms. The average molecular weight is 536 g/mol. The largest absolute Gasteiger partial charge is 0.508 e. The molecule has 14 nitrogen and oxygen atoms in total. The van der Waals surface area contributed by atoms with Crippen LogP contribution < -0.4 is 0 Å². The first-order valence-electron chi connectivity index (χ1n) is 12.2. The highest BCUT2D eigenvalue weighted by Crippen LogP contribution is 2.19. The van der Waals surface area contributed by atoms with E-state index in [1.54, 1.807) is 0 Å². The van der Waals surface area contributed by atoms with E-state index >= 15 is 0 Å². The number of ether oxygens (including phenoxy) is 8. The fourth-order valence-corrected chi connectivity index (χ4v) is 4.72. The van der Waals surface area contributed by atoms with Crippen LogP contribution in [0, 0.1) is 0 Å². The summed E-state index contributed by atoms with van der Waals surface area (Å²) in [6.07, 6.45) is -4.57. The fourth-order valence-electron chi connectivity index (χ4n) is 4.72. The number of hydrogen-bond acceptors (Lipinski definition) is 14. The molecule has 0 aliphatic carbocycles. The predicted octanol–water partition coefficient (Wildman–Crippen LogP) is 1.43. The Morgan fingerprint density at radius 1 is 0.553 bits per heavy atom. The topological polar surface area (TPSA) is 149 Å². The summed E-state index contributed by atoms with van der Waals surface area (Å²) in [5, 5.41) is 0. The first-order chi connectivity index (χ1) is 18.4. The first kappa shape index (κ1) is 25.9. The van der Waals surface area contributed by atoms with Crippen LogP contribution in [-0.4, -0.2) is 111 Å². The Labute approximate surface area is 217 Å². The summed E-state index contributed by atoms with van der Waals surface area (Å²) < 4.78 is 40.4. The van der Waals surface area contributed by atoms with E-state index in [0.29, 0.717) is 39.3 Å². The quantitative estimate of drug-likeness (QED) is 0.280. The van der Waals surface area contributed by atoms with Crippen LogP contribution in [-0.2, 0) is 51.0 Å². The van der Waals surface area contributed by atoms with E-state index in [1.807, 2.05) is 34.1 Å². The van der Waals surface area contributed by atoms with Crippen molar-refractivity contribution < 1.29 is 57.1 Å². The molecule has 206 valence electrons. The van der Waals surface area contributed by atoms with Crippen LogP contribution >= 0.6 is 0 Å². The summed E-state index contributed by atoms with van der Waals surface area (Å²) in [6, 6.07) is 7.89. The van der Waals surface area contributed by atoms with Crippen molar-refractivity contribution in [2.24, 2.45) is 0 Å². The summed E-state index contributed by atoms with van der Waals surface area (Å²) in [5.74, 6) is 0. The Bertz CT molecular complexity index is 918. The lowest BCUT2D eigenvalue weighted by atomic mass is 10.1. The molecular formula is C24H28N2O12. The maximum absolute atomic E-state index is 11.4. The molecule has 0 bridgehead atoms. The van der Waals surface area contributed by atoms with Gasteiger partial charge in [0.25, 0.3) is 0 Å². The van der Waals surface area contributed by atoms with Gasteiger partial charge in [-0.15, -0.1) is 0 Å². The minimum atomic E-state index is -0.704. The van der Waals surface area contributed by atoms with Crippen LogP contribution in [0.3, 0.4) is 0 Å². The molecule has 1 aromatic carbocycles. The third-order valence-corrected chi connectivity index (χ3v) is 6.25. The van der Waals surface area contributed by atoms with E-state index in [-0.39, 0.29) is 26.4 Å². The number of carbonyl (C=O) groups excluding carboxylic acids is 4. The van der Waals surface area contributed by atoms with Crippen LogP contribution in [0.25, 0.3) is 0 Å². The Morgan fingerprint density at radius 3 is 1.13 bits per heavy atom. The van der Waals surface area contributed by atoms with Gasteiger partial charge in [0.05, 0.1) is 0 Å². The number of carbonyl (C=O) groups is 4. The third kappa shape index (κ3) is 7.16. The molecule has 4 aliphatic rings. The first-order valence-corrected chi connectivity index (χ1v) is 12.2. The van der Waals surface area contributed by atoms with E-state index in [4.69, 9.17) is 37.9 Å². The zero-order valence-electron chi connectivity index (χ0n) is 20.5. The molecule has 0 aromatic heterocycles. The summed E-state index contributed by atoms with van der Waals surface area (Å²) >= 11 is 0. The summed E-state index contributed by atoms with van der Waals surface area (Å²) in [7, 11) is 0. The molecule has 0 spiro atoms. The third-order valence-electron chi connectivity index (χ3n) is 6.25. The van der Waals surface area contributed by atoms with Gasteiger partial charge in [-0.3, -0.25) is 9.80 Å². The van der Waals surface area contributed by atoms with Gasteiger partial charge in [0, 0.05) is 39.3 Å². The molecule has 0 N–H and O–H groups in total. The number of nitrogens with zero attached hydrogens (tertiary/aromatic N) is 2. The van der Waals surface area contributed by atoms with Crippen molar-refractivity contribution in [1.29, 1.82) is 0 Å². The molecule has 4 saturated heterocycles. The van der Waals surface area contributed by atoms with Gasteiger partial charge in [-0.1, -0.05) is 24.3 Å². The van der Waals surface area contributed by atoms with Crippen molar-refractivity contribution in [3.8, 4) is 0 Å². The van der Waals surface area contributed by atoms with Crippen LogP contribution in [0.15, 0.2) is 24.3 Å². The summed E-state index contributed by atoms with van der Waals surface area (Å²) in [5.41, 5.74) is 1.95. The number of cyclic esters (lactones) is 8. The van der Waals surface area contributed by atoms with Gasteiger partial charge < -0.3 is 37.9 Å². The number of benzene rings is 1. The highest BCUT2D eigenvalue weighted by Gasteiger charge is 2.33. The molecule has 1 aromatic rings. The molecule has 4 aliphatic heterocycles.